The van der Waals surface area contributed by atoms with E-state index in [2.05, 4.69) is 21.3 Å². The van der Waals surface area contributed by atoms with E-state index in [9.17, 15) is 0 Å². The fraction of sp³-hybridized carbons (Fsp3) is 0.500. The number of rotatable bonds is 4. The Hall–Kier alpha value is -1.64. The second-order valence-electron chi connectivity index (χ2n) is 3.91. The molecule has 5 heteroatoms. The number of hydrogen-bond acceptors (Lipinski definition) is 5. The van der Waals surface area contributed by atoms with Crippen molar-refractivity contribution in [1.82, 2.24) is 9.88 Å². The summed E-state index contributed by atoms with van der Waals surface area (Å²) in [4.78, 5) is 6.36. The smallest absolute Gasteiger partial charge is 0.101 e. The lowest BCUT2D eigenvalue weighted by Crippen LogP contribution is -2.39. The van der Waals surface area contributed by atoms with Crippen LogP contribution in [0.3, 0.4) is 0 Å². The number of anilines is 1. The van der Waals surface area contributed by atoms with Gasteiger partial charge in [-0.1, -0.05) is 0 Å². The standard InChI is InChI=1S/C12H16N4O/c13-9-11-1-2-14-10-12(11)15-3-4-16-5-7-17-8-6-16/h1-2,10,15H,3-8H2. The van der Waals surface area contributed by atoms with E-state index in [1.54, 1.807) is 18.5 Å². The summed E-state index contributed by atoms with van der Waals surface area (Å²) in [6.45, 7) is 5.38. The van der Waals surface area contributed by atoms with Crippen molar-refractivity contribution in [2.45, 2.75) is 0 Å². The summed E-state index contributed by atoms with van der Waals surface area (Å²) in [6.07, 6.45) is 3.32. The molecule has 0 amide bonds. The van der Waals surface area contributed by atoms with Crippen LogP contribution in [0, 0.1) is 11.3 Å². The van der Waals surface area contributed by atoms with E-state index in [1.165, 1.54) is 0 Å². The van der Waals surface area contributed by atoms with Crippen LogP contribution in [-0.2, 0) is 4.74 Å². The molecule has 1 aliphatic heterocycles. The molecule has 0 saturated carbocycles. The Morgan fingerprint density at radius 2 is 2.29 bits per heavy atom. The van der Waals surface area contributed by atoms with Crippen molar-refractivity contribution in [3.8, 4) is 6.07 Å². The first kappa shape index (κ1) is 11.8. The van der Waals surface area contributed by atoms with Crippen LogP contribution in [0.15, 0.2) is 18.5 Å². The normalized spacial score (nSPS) is 16.4. The van der Waals surface area contributed by atoms with Crippen LogP contribution in [0.25, 0.3) is 0 Å². The Morgan fingerprint density at radius 3 is 3.06 bits per heavy atom. The summed E-state index contributed by atoms with van der Waals surface area (Å²) < 4.78 is 5.29. The Balaban J connectivity index is 1.79. The number of morpholine rings is 1. The fourth-order valence-electron chi connectivity index (χ4n) is 1.81. The number of pyridine rings is 1. The van der Waals surface area contributed by atoms with Crippen molar-refractivity contribution in [2.75, 3.05) is 44.7 Å². The molecule has 90 valence electrons. The number of hydrogen-bond donors (Lipinski definition) is 1. The summed E-state index contributed by atoms with van der Waals surface area (Å²) >= 11 is 0. The van der Waals surface area contributed by atoms with Gasteiger partial charge in [-0.25, -0.2) is 0 Å². The molecule has 2 heterocycles. The molecule has 0 bridgehead atoms. The Morgan fingerprint density at radius 1 is 1.47 bits per heavy atom. The van der Waals surface area contributed by atoms with Crippen LogP contribution in [0.1, 0.15) is 5.56 Å². The molecule has 1 aliphatic rings. The minimum atomic E-state index is 0.641. The third-order valence-corrected chi connectivity index (χ3v) is 2.79. The highest BCUT2D eigenvalue weighted by molar-refractivity contribution is 5.55. The summed E-state index contributed by atoms with van der Waals surface area (Å²) in [7, 11) is 0. The zero-order chi connectivity index (χ0) is 11.9. The summed E-state index contributed by atoms with van der Waals surface area (Å²) in [5, 5.41) is 12.2. The number of nitrogens with zero attached hydrogens (tertiary/aromatic N) is 3. The first-order valence-corrected chi connectivity index (χ1v) is 5.78. The summed E-state index contributed by atoms with van der Waals surface area (Å²) in [5.41, 5.74) is 1.45. The van der Waals surface area contributed by atoms with Gasteiger partial charge in [-0.2, -0.15) is 5.26 Å². The monoisotopic (exact) mass is 232 g/mol. The maximum atomic E-state index is 8.92. The van der Waals surface area contributed by atoms with Gasteiger partial charge in [-0.3, -0.25) is 9.88 Å². The lowest BCUT2D eigenvalue weighted by molar-refractivity contribution is 0.0398. The Labute approximate surface area is 101 Å². The molecule has 17 heavy (non-hydrogen) atoms. The number of nitrogens with one attached hydrogen (secondary N) is 1. The molecule has 1 fully saturated rings. The average molecular weight is 232 g/mol. The highest BCUT2D eigenvalue weighted by Gasteiger charge is 2.09. The van der Waals surface area contributed by atoms with E-state index < -0.39 is 0 Å². The van der Waals surface area contributed by atoms with Crippen LogP contribution in [0.5, 0.6) is 0 Å². The second kappa shape index (κ2) is 6.18. The number of ether oxygens (including phenoxy) is 1. The first-order chi connectivity index (χ1) is 8.40. The third kappa shape index (κ3) is 3.41. The summed E-state index contributed by atoms with van der Waals surface area (Å²) in [5.74, 6) is 0. The Kier molecular flexibility index (Phi) is 4.30. The van der Waals surface area contributed by atoms with Crippen molar-refractivity contribution < 1.29 is 4.74 Å². The van der Waals surface area contributed by atoms with Crippen molar-refractivity contribution in [1.29, 1.82) is 5.26 Å². The minimum absolute atomic E-state index is 0.641. The van der Waals surface area contributed by atoms with Crippen molar-refractivity contribution >= 4 is 5.69 Å². The van der Waals surface area contributed by atoms with E-state index in [1.807, 2.05) is 0 Å². The molecule has 1 aromatic heterocycles. The number of nitriles is 1. The van der Waals surface area contributed by atoms with E-state index in [0.29, 0.717) is 5.56 Å². The lowest BCUT2D eigenvalue weighted by atomic mass is 10.2. The molecule has 1 N–H and O–H groups in total. The van der Waals surface area contributed by atoms with Gasteiger partial charge in [0.1, 0.15) is 6.07 Å². The minimum Gasteiger partial charge on any atom is -0.381 e. The largest absolute Gasteiger partial charge is 0.381 e. The molecule has 5 nitrogen and oxygen atoms in total. The zero-order valence-corrected chi connectivity index (χ0v) is 9.72. The maximum absolute atomic E-state index is 8.92. The fourth-order valence-corrected chi connectivity index (χ4v) is 1.81. The van der Waals surface area contributed by atoms with Gasteiger partial charge in [0.2, 0.25) is 0 Å². The predicted molar refractivity (Wildman–Crippen MR) is 64.7 cm³/mol. The highest BCUT2D eigenvalue weighted by atomic mass is 16.5. The van der Waals surface area contributed by atoms with Crippen LogP contribution >= 0.6 is 0 Å². The zero-order valence-electron chi connectivity index (χ0n) is 9.72. The Bertz CT molecular complexity index is 396. The van der Waals surface area contributed by atoms with Crippen LogP contribution in [0.4, 0.5) is 5.69 Å². The molecule has 1 aromatic rings. The SMILES string of the molecule is N#Cc1ccncc1NCCN1CCOCC1. The molecule has 1 saturated heterocycles. The van der Waals surface area contributed by atoms with E-state index in [-0.39, 0.29) is 0 Å². The molecule has 0 aromatic carbocycles. The molecule has 0 spiro atoms. The van der Waals surface area contributed by atoms with E-state index in [4.69, 9.17) is 10.00 Å². The molecular formula is C12H16N4O. The lowest BCUT2D eigenvalue weighted by Gasteiger charge is -2.26. The van der Waals surface area contributed by atoms with Gasteiger partial charge in [0.15, 0.2) is 0 Å². The van der Waals surface area contributed by atoms with Gasteiger partial charge in [-0.15, -0.1) is 0 Å². The molecule has 0 unspecified atom stereocenters. The molecule has 0 radical (unpaired) electrons. The van der Waals surface area contributed by atoms with Gasteiger partial charge < -0.3 is 10.1 Å². The molecule has 2 rings (SSSR count). The van der Waals surface area contributed by atoms with Gasteiger partial charge in [-0.05, 0) is 6.07 Å². The number of aromatic nitrogens is 1. The van der Waals surface area contributed by atoms with Crippen molar-refractivity contribution in [2.24, 2.45) is 0 Å². The quantitative estimate of drug-likeness (QED) is 0.828. The van der Waals surface area contributed by atoms with Gasteiger partial charge in [0.25, 0.3) is 0 Å². The van der Waals surface area contributed by atoms with E-state index >= 15 is 0 Å². The van der Waals surface area contributed by atoms with Gasteiger partial charge in [0.05, 0.1) is 30.7 Å². The van der Waals surface area contributed by atoms with Crippen molar-refractivity contribution in [3.05, 3.63) is 24.0 Å². The second-order valence-corrected chi connectivity index (χ2v) is 3.91. The van der Waals surface area contributed by atoms with Gasteiger partial charge >= 0.3 is 0 Å². The van der Waals surface area contributed by atoms with Crippen LogP contribution in [0.2, 0.25) is 0 Å². The van der Waals surface area contributed by atoms with Crippen molar-refractivity contribution in [3.63, 3.8) is 0 Å². The average Bonchev–Trinajstić information content (AvgIpc) is 2.40. The highest BCUT2D eigenvalue weighted by Crippen LogP contribution is 2.11. The molecule has 0 atom stereocenters. The third-order valence-electron chi connectivity index (χ3n) is 2.79. The predicted octanol–water partition coefficient (Wildman–Crippen LogP) is 0.697. The van der Waals surface area contributed by atoms with Crippen LogP contribution < -0.4 is 5.32 Å². The van der Waals surface area contributed by atoms with E-state index in [0.717, 1.165) is 45.1 Å². The molecular weight excluding hydrogens is 216 g/mol. The summed E-state index contributed by atoms with van der Waals surface area (Å²) in [6, 6.07) is 3.87. The first-order valence-electron chi connectivity index (χ1n) is 5.78. The molecule has 0 aliphatic carbocycles. The maximum Gasteiger partial charge on any atom is 0.101 e. The van der Waals surface area contributed by atoms with Gasteiger partial charge in [0, 0.05) is 32.4 Å². The van der Waals surface area contributed by atoms with Crippen LogP contribution in [-0.4, -0.2) is 49.3 Å². The topological polar surface area (TPSA) is 61.2 Å².